The third-order valence-corrected chi connectivity index (χ3v) is 6.02. The van der Waals surface area contributed by atoms with Gasteiger partial charge in [0.05, 0.1) is 11.5 Å². The largest absolute Gasteiger partial charge is 0.395 e. The van der Waals surface area contributed by atoms with Crippen LogP contribution in [0.2, 0.25) is 5.02 Å². The van der Waals surface area contributed by atoms with E-state index >= 15 is 0 Å². The first-order valence-electron chi connectivity index (χ1n) is 8.11. The lowest BCUT2D eigenvalue weighted by atomic mass is 10.2. The molecule has 0 aliphatic carbocycles. The number of nitrogens with one attached hydrogen (secondary N) is 3. The number of H-pyrrole nitrogens is 1. The fraction of sp³-hybridized carbons (Fsp3) is 0.167. The van der Waals surface area contributed by atoms with E-state index < -0.39 is 15.7 Å². The summed E-state index contributed by atoms with van der Waals surface area (Å²) in [5.41, 5.74) is 6.04. The van der Waals surface area contributed by atoms with Crippen LogP contribution in [0, 0.1) is 6.92 Å². The molecule has 9 heteroatoms. The van der Waals surface area contributed by atoms with Gasteiger partial charge in [-0.3, -0.25) is 10.2 Å². The highest BCUT2D eigenvalue weighted by molar-refractivity contribution is 7.91. The first-order chi connectivity index (χ1) is 12.8. The number of amides is 1. The Balaban J connectivity index is 2.21. The first-order valence-corrected chi connectivity index (χ1v) is 9.97. The maximum absolute atomic E-state index is 13.3. The molecule has 0 fully saturated rings. The highest BCUT2D eigenvalue weighted by Crippen LogP contribution is 2.33. The normalized spacial score (nSPS) is 11.7. The number of halogens is 1. The van der Waals surface area contributed by atoms with E-state index in [0.717, 1.165) is 5.56 Å². The molecule has 0 saturated heterocycles. The molecule has 0 spiro atoms. The van der Waals surface area contributed by atoms with E-state index in [1.54, 1.807) is 37.3 Å². The van der Waals surface area contributed by atoms with Crippen molar-refractivity contribution in [3.8, 4) is 0 Å². The molecule has 1 heterocycles. The van der Waals surface area contributed by atoms with Crippen molar-refractivity contribution in [3.63, 3.8) is 0 Å². The lowest BCUT2D eigenvalue weighted by Crippen LogP contribution is -2.39. The maximum atomic E-state index is 13.3. The second kappa shape index (κ2) is 7.69. The number of hydrazine groups is 1. The summed E-state index contributed by atoms with van der Waals surface area (Å²) in [4.78, 5) is 15.4. The minimum absolute atomic E-state index is 0.0840. The second-order valence-corrected chi connectivity index (χ2v) is 8.27. The molecule has 4 N–H and O–H groups in total. The zero-order valence-electron chi connectivity index (χ0n) is 14.4. The van der Waals surface area contributed by atoms with Gasteiger partial charge in [0.1, 0.15) is 10.6 Å². The van der Waals surface area contributed by atoms with Crippen LogP contribution in [-0.4, -0.2) is 37.6 Å². The van der Waals surface area contributed by atoms with Gasteiger partial charge in [0.25, 0.3) is 5.91 Å². The van der Waals surface area contributed by atoms with Crippen LogP contribution in [0.4, 0.5) is 0 Å². The molecule has 3 rings (SSSR count). The molecule has 27 heavy (non-hydrogen) atoms. The van der Waals surface area contributed by atoms with Gasteiger partial charge in [-0.15, -0.1) is 0 Å². The lowest BCUT2D eigenvalue weighted by Gasteiger charge is -2.09. The zero-order chi connectivity index (χ0) is 19.6. The van der Waals surface area contributed by atoms with Crippen LogP contribution in [0.5, 0.6) is 0 Å². The first kappa shape index (κ1) is 19.4. The maximum Gasteiger partial charge on any atom is 0.283 e. The van der Waals surface area contributed by atoms with Crippen molar-refractivity contribution in [1.82, 2.24) is 15.8 Å². The predicted octanol–water partition coefficient (Wildman–Crippen LogP) is 2.19. The van der Waals surface area contributed by atoms with Gasteiger partial charge in [-0.1, -0.05) is 23.7 Å². The van der Waals surface area contributed by atoms with Gasteiger partial charge in [0.15, 0.2) is 0 Å². The number of hydrogen-bond donors (Lipinski definition) is 4. The molecule has 3 aromatic rings. The van der Waals surface area contributed by atoms with Crippen molar-refractivity contribution in [3.05, 3.63) is 58.7 Å². The molecule has 7 nitrogen and oxygen atoms in total. The van der Waals surface area contributed by atoms with Crippen molar-refractivity contribution in [2.24, 2.45) is 0 Å². The average molecular weight is 408 g/mol. The smallest absolute Gasteiger partial charge is 0.283 e. The molecule has 0 aliphatic rings. The van der Waals surface area contributed by atoms with Crippen LogP contribution >= 0.6 is 11.6 Å². The minimum Gasteiger partial charge on any atom is -0.395 e. The molecule has 0 unspecified atom stereocenters. The van der Waals surface area contributed by atoms with E-state index in [4.69, 9.17) is 16.7 Å². The highest BCUT2D eigenvalue weighted by atomic mass is 35.5. The number of aliphatic hydroxyl groups excluding tert-OH is 1. The topological polar surface area (TPSA) is 111 Å². The van der Waals surface area contributed by atoms with Crippen LogP contribution in [0.1, 0.15) is 16.1 Å². The standard InChI is InChI=1S/C18H18ClN3O4S/c1-11-3-2-4-13(9-11)27(25,26)17-14-10-12(19)5-6-15(14)21-16(17)18(24)22-20-7-8-23/h2-6,9-10,20-21,23H,7-8H2,1H3,(H,22,24). The van der Waals surface area contributed by atoms with E-state index in [1.807, 2.05) is 0 Å². The summed E-state index contributed by atoms with van der Waals surface area (Å²) in [5, 5.41) is 9.51. The number of aryl methyl sites for hydroxylation is 1. The molecule has 2 aromatic carbocycles. The number of aromatic nitrogens is 1. The van der Waals surface area contributed by atoms with E-state index in [9.17, 15) is 13.2 Å². The zero-order valence-corrected chi connectivity index (χ0v) is 16.0. The van der Waals surface area contributed by atoms with Crippen LogP contribution in [0.15, 0.2) is 52.3 Å². The molecule has 0 saturated carbocycles. The number of rotatable bonds is 6. The third-order valence-electron chi connectivity index (χ3n) is 3.95. The average Bonchev–Trinajstić information content (AvgIpc) is 3.01. The van der Waals surface area contributed by atoms with Gasteiger partial charge in [0.2, 0.25) is 9.84 Å². The molecular formula is C18H18ClN3O4S. The number of fused-ring (bicyclic) bond motifs is 1. The molecule has 142 valence electrons. The third kappa shape index (κ3) is 3.84. The molecular weight excluding hydrogens is 390 g/mol. The molecule has 0 aliphatic heterocycles. The fourth-order valence-corrected chi connectivity index (χ4v) is 4.62. The van der Waals surface area contributed by atoms with Crippen LogP contribution < -0.4 is 10.9 Å². The van der Waals surface area contributed by atoms with E-state index in [2.05, 4.69) is 15.8 Å². The quantitative estimate of drug-likeness (QED) is 0.369. The SMILES string of the molecule is Cc1cccc(S(=O)(=O)c2c(C(=O)NNCCO)[nH]c3ccc(Cl)cc23)c1. The van der Waals surface area contributed by atoms with Gasteiger partial charge in [0, 0.05) is 22.5 Å². The number of carbonyl (C=O) groups is 1. The van der Waals surface area contributed by atoms with Crippen molar-refractivity contribution >= 4 is 38.2 Å². The Morgan fingerprint density at radius 3 is 2.70 bits per heavy atom. The van der Waals surface area contributed by atoms with Gasteiger partial charge in [-0.25, -0.2) is 13.8 Å². The number of benzene rings is 2. The van der Waals surface area contributed by atoms with E-state index in [1.165, 1.54) is 12.1 Å². The number of carbonyl (C=O) groups excluding carboxylic acids is 1. The van der Waals surface area contributed by atoms with Gasteiger partial charge in [-0.2, -0.15) is 0 Å². The summed E-state index contributed by atoms with van der Waals surface area (Å²) < 4.78 is 26.6. The Labute approximate surface area is 161 Å². The number of aliphatic hydroxyl groups is 1. The summed E-state index contributed by atoms with van der Waals surface area (Å²) in [6.07, 6.45) is 0. The summed E-state index contributed by atoms with van der Waals surface area (Å²) in [7, 11) is -4.00. The number of hydrogen-bond acceptors (Lipinski definition) is 5. The van der Waals surface area contributed by atoms with Gasteiger partial charge in [-0.05, 0) is 42.8 Å². The van der Waals surface area contributed by atoms with Crippen LogP contribution in [-0.2, 0) is 9.84 Å². The van der Waals surface area contributed by atoms with Crippen molar-refractivity contribution in [2.75, 3.05) is 13.2 Å². The lowest BCUT2D eigenvalue weighted by molar-refractivity contribution is 0.0922. The van der Waals surface area contributed by atoms with Crippen LogP contribution in [0.3, 0.4) is 0 Å². The second-order valence-electron chi connectivity index (χ2n) is 5.94. The molecule has 0 bridgehead atoms. The number of sulfone groups is 1. The van der Waals surface area contributed by atoms with Crippen molar-refractivity contribution in [2.45, 2.75) is 16.7 Å². The molecule has 0 atom stereocenters. The molecule has 1 aromatic heterocycles. The van der Waals surface area contributed by atoms with Gasteiger partial charge >= 0.3 is 0 Å². The summed E-state index contributed by atoms with van der Waals surface area (Å²) in [5.74, 6) is -0.665. The van der Waals surface area contributed by atoms with E-state index in [0.29, 0.717) is 15.9 Å². The molecule has 1 amide bonds. The Bertz CT molecular complexity index is 1110. The monoisotopic (exact) mass is 407 g/mol. The Kier molecular flexibility index (Phi) is 5.52. The highest BCUT2D eigenvalue weighted by Gasteiger charge is 2.29. The minimum atomic E-state index is -4.00. The summed E-state index contributed by atoms with van der Waals surface area (Å²) in [6.45, 7) is 1.73. The predicted molar refractivity (Wildman–Crippen MR) is 102 cm³/mol. The summed E-state index contributed by atoms with van der Waals surface area (Å²) in [6, 6.07) is 11.2. The Morgan fingerprint density at radius 1 is 1.22 bits per heavy atom. The summed E-state index contributed by atoms with van der Waals surface area (Å²) >= 11 is 6.05. The van der Waals surface area contributed by atoms with Crippen molar-refractivity contribution in [1.29, 1.82) is 0 Å². The Hall–Kier alpha value is -2.39. The number of aromatic amines is 1. The van der Waals surface area contributed by atoms with E-state index in [-0.39, 0.29) is 28.6 Å². The van der Waals surface area contributed by atoms with Gasteiger partial charge < -0.3 is 10.1 Å². The Morgan fingerprint density at radius 2 is 2.00 bits per heavy atom. The molecule has 0 radical (unpaired) electrons. The fourth-order valence-electron chi connectivity index (χ4n) is 2.74. The van der Waals surface area contributed by atoms with Crippen molar-refractivity contribution < 1.29 is 18.3 Å². The van der Waals surface area contributed by atoms with Crippen LogP contribution in [0.25, 0.3) is 10.9 Å².